The third-order valence-corrected chi connectivity index (χ3v) is 4.41. The predicted molar refractivity (Wildman–Crippen MR) is 91.4 cm³/mol. The normalized spacial score (nSPS) is 19.9. The Hall–Kier alpha value is -2.53. The molecular weight excluding hydrogens is 310 g/mol. The molecule has 0 saturated carbocycles. The predicted octanol–water partition coefficient (Wildman–Crippen LogP) is 3.66. The number of rotatable bonds is 2. The number of hydrogen-bond donors (Lipinski definition) is 2. The second-order valence-electron chi connectivity index (χ2n) is 5.65. The van der Waals surface area contributed by atoms with Crippen LogP contribution in [-0.2, 0) is 0 Å². The first kappa shape index (κ1) is 14.1. The van der Waals surface area contributed by atoms with Gasteiger partial charge in [-0.15, -0.1) is 5.10 Å². The smallest absolute Gasteiger partial charge is 0.241 e. The Morgan fingerprint density at radius 1 is 1.04 bits per heavy atom. The lowest BCUT2D eigenvalue weighted by atomic mass is 9.93. The highest BCUT2D eigenvalue weighted by molar-refractivity contribution is 6.30. The van der Waals surface area contributed by atoms with E-state index in [9.17, 15) is 0 Å². The van der Waals surface area contributed by atoms with Crippen LogP contribution < -0.4 is 11.1 Å². The van der Waals surface area contributed by atoms with Crippen LogP contribution in [0.15, 0.2) is 54.6 Å². The topological polar surface area (TPSA) is 68.8 Å². The summed E-state index contributed by atoms with van der Waals surface area (Å²) in [5.74, 6) is 0.979. The molecule has 2 aromatic carbocycles. The largest absolute Gasteiger partial charge is 0.366 e. The van der Waals surface area contributed by atoms with Gasteiger partial charge in [0.25, 0.3) is 0 Å². The fraction of sp³-hybridized carbons (Fsp3) is 0.176. The van der Waals surface area contributed by atoms with E-state index in [0.29, 0.717) is 5.95 Å². The van der Waals surface area contributed by atoms with E-state index in [-0.39, 0.29) is 18.0 Å². The molecule has 1 aliphatic rings. The number of halogens is 1. The van der Waals surface area contributed by atoms with Crippen LogP contribution >= 0.6 is 11.6 Å². The summed E-state index contributed by atoms with van der Waals surface area (Å²) in [6.45, 7) is 0. The quantitative estimate of drug-likeness (QED) is 0.754. The molecule has 0 bridgehead atoms. The third-order valence-electron chi connectivity index (χ3n) is 4.16. The van der Waals surface area contributed by atoms with E-state index >= 15 is 0 Å². The Labute approximate surface area is 139 Å². The zero-order chi connectivity index (χ0) is 15.8. The van der Waals surface area contributed by atoms with Gasteiger partial charge in [0.05, 0.1) is 12.1 Å². The monoisotopic (exact) mass is 325 g/mol. The Balaban J connectivity index is 1.75. The van der Waals surface area contributed by atoms with Gasteiger partial charge < -0.3 is 11.1 Å². The molecule has 1 aliphatic heterocycles. The Kier molecular flexibility index (Phi) is 3.42. The van der Waals surface area contributed by atoms with Crippen molar-refractivity contribution in [3.05, 3.63) is 70.7 Å². The number of fused-ring (bicyclic) bond motifs is 1. The molecular formula is C17H16ClN5. The lowest BCUT2D eigenvalue weighted by Gasteiger charge is -2.31. The summed E-state index contributed by atoms with van der Waals surface area (Å²) in [5.41, 5.74) is 8.17. The number of nitrogens with zero attached hydrogens (tertiary/aromatic N) is 3. The molecule has 0 amide bonds. The maximum atomic E-state index is 6.00. The number of benzene rings is 2. The van der Waals surface area contributed by atoms with Crippen LogP contribution in [-0.4, -0.2) is 14.8 Å². The van der Waals surface area contributed by atoms with Crippen molar-refractivity contribution in [1.29, 1.82) is 0 Å². The van der Waals surface area contributed by atoms with Gasteiger partial charge in [-0.05, 0) is 29.7 Å². The first-order valence-electron chi connectivity index (χ1n) is 7.49. The van der Waals surface area contributed by atoms with Crippen molar-refractivity contribution in [2.24, 2.45) is 0 Å². The average Bonchev–Trinajstić information content (AvgIpc) is 2.95. The number of nitrogens with two attached hydrogens (primary N) is 1. The van der Waals surface area contributed by atoms with E-state index in [0.717, 1.165) is 11.4 Å². The SMILES string of the molecule is Nc1nc2n(n1)[C@@H](c1ccccc1)C[C@@H](c1ccc(Cl)cc1)N2. The van der Waals surface area contributed by atoms with Crippen molar-refractivity contribution < 1.29 is 0 Å². The molecule has 23 heavy (non-hydrogen) atoms. The summed E-state index contributed by atoms with van der Waals surface area (Å²) in [6, 6.07) is 18.4. The minimum absolute atomic E-state index is 0.0953. The summed E-state index contributed by atoms with van der Waals surface area (Å²) in [7, 11) is 0. The molecule has 0 aliphatic carbocycles. The van der Waals surface area contributed by atoms with E-state index in [4.69, 9.17) is 17.3 Å². The molecule has 0 unspecified atom stereocenters. The van der Waals surface area contributed by atoms with Gasteiger partial charge in [0, 0.05) is 5.02 Å². The fourth-order valence-corrected chi connectivity index (χ4v) is 3.19. The van der Waals surface area contributed by atoms with Crippen LogP contribution in [0.3, 0.4) is 0 Å². The molecule has 116 valence electrons. The molecule has 0 saturated heterocycles. The summed E-state index contributed by atoms with van der Waals surface area (Å²) in [4.78, 5) is 4.31. The van der Waals surface area contributed by atoms with Gasteiger partial charge in [0.2, 0.25) is 11.9 Å². The molecule has 5 nitrogen and oxygen atoms in total. The molecule has 3 N–H and O–H groups in total. The maximum Gasteiger partial charge on any atom is 0.241 e. The van der Waals surface area contributed by atoms with Crippen molar-refractivity contribution in [3.8, 4) is 0 Å². The Morgan fingerprint density at radius 2 is 1.78 bits per heavy atom. The number of nitrogen functional groups attached to an aromatic ring is 1. The Bertz CT molecular complexity index is 813. The van der Waals surface area contributed by atoms with Gasteiger partial charge in [-0.2, -0.15) is 4.98 Å². The standard InChI is InChI=1S/C17H16ClN5/c18-13-8-6-11(7-9-13)14-10-15(12-4-2-1-3-5-12)23-17(20-14)21-16(19)22-23/h1-9,14-15H,10H2,(H3,19,20,21,22)/t14-,15+/m0/s1. The van der Waals surface area contributed by atoms with Gasteiger partial charge >= 0.3 is 0 Å². The highest BCUT2D eigenvalue weighted by atomic mass is 35.5. The van der Waals surface area contributed by atoms with Gasteiger partial charge in [0.15, 0.2) is 0 Å². The molecule has 2 heterocycles. The molecule has 3 aromatic rings. The highest BCUT2D eigenvalue weighted by Crippen LogP contribution is 2.38. The van der Waals surface area contributed by atoms with Crippen molar-refractivity contribution in [2.45, 2.75) is 18.5 Å². The van der Waals surface area contributed by atoms with Crippen LogP contribution in [0.4, 0.5) is 11.9 Å². The number of hydrogen-bond acceptors (Lipinski definition) is 4. The number of anilines is 2. The minimum atomic E-state index is 0.0953. The first-order valence-corrected chi connectivity index (χ1v) is 7.87. The van der Waals surface area contributed by atoms with E-state index in [1.165, 1.54) is 11.1 Å². The molecule has 0 spiro atoms. The molecule has 6 heteroatoms. The van der Waals surface area contributed by atoms with Gasteiger partial charge in [0.1, 0.15) is 0 Å². The van der Waals surface area contributed by atoms with Crippen LogP contribution in [0.25, 0.3) is 0 Å². The molecule has 1 aromatic heterocycles. The lowest BCUT2D eigenvalue weighted by molar-refractivity contribution is 0.431. The van der Waals surface area contributed by atoms with E-state index in [1.54, 1.807) is 0 Å². The van der Waals surface area contributed by atoms with E-state index < -0.39 is 0 Å². The summed E-state index contributed by atoms with van der Waals surface area (Å²) in [5, 5.41) is 8.50. The third kappa shape index (κ3) is 2.64. The van der Waals surface area contributed by atoms with Crippen LogP contribution in [0.1, 0.15) is 29.6 Å². The van der Waals surface area contributed by atoms with Gasteiger partial charge in [-0.3, -0.25) is 0 Å². The number of nitrogens with one attached hydrogen (secondary N) is 1. The van der Waals surface area contributed by atoms with Crippen molar-refractivity contribution >= 4 is 23.5 Å². The highest BCUT2D eigenvalue weighted by Gasteiger charge is 2.30. The van der Waals surface area contributed by atoms with E-state index in [2.05, 4.69) is 27.5 Å². The summed E-state index contributed by atoms with van der Waals surface area (Å²) in [6.07, 6.45) is 0.863. The summed E-state index contributed by atoms with van der Waals surface area (Å²) >= 11 is 6.00. The second-order valence-corrected chi connectivity index (χ2v) is 6.09. The first-order chi connectivity index (χ1) is 11.2. The van der Waals surface area contributed by atoms with E-state index in [1.807, 2.05) is 47.1 Å². The zero-order valence-corrected chi connectivity index (χ0v) is 13.1. The van der Waals surface area contributed by atoms with Crippen molar-refractivity contribution in [1.82, 2.24) is 14.8 Å². The van der Waals surface area contributed by atoms with Gasteiger partial charge in [-0.1, -0.05) is 54.1 Å². The average molecular weight is 326 g/mol. The zero-order valence-electron chi connectivity index (χ0n) is 12.4. The second kappa shape index (κ2) is 5.59. The fourth-order valence-electron chi connectivity index (χ4n) is 3.06. The maximum absolute atomic E-state index is 6.00. The van der Waals surface area contributed by atoms with Crippen molar-refractivity contribution in [3.63, 3.8) is 0 Å². The lowest BCUT2D eigenvalue weighted by Crippen LogP contribution is -2.28. The summed E-state index contributed by atoms with van der Waals surface area (Å²) < 4.78 is 1.87. The number of aromatic nitrogens is 3. The molecule has 0 radical (unpaired) electrons. The Morgan fingerprint density at radius 3 is 2.52 bits per heavy atom. The van der Waals surface area contributed by atoms with Crippen LogP contribution in [0.5, 0.6) is 0 Å². The van der Waals surface area contributed by atoms with Gasteiger partial charge in [-0.25, -0.2) is 4.68 Å². The minimum Gasteiger partial charge on any atom is -0.366 e. The van der Waals surface area contributed by atoms with Crippen LogP contribution in [0, 0.1) is 0 Å². The van der Waals surface area contributed by atoms with Crippen LogP contribution in [0.2, 0.25) is 5.02 Å². The molecule has 2 atom stereocenters. The van der Waals surface area contributed by atoms with Crippen molar-refractivity contribution in [2.75, 3.05) is 11.1 Å². The molecule has 0 fully saturated rings. The molecule has 4 rings (SSSR count).